The van der Waals surface area contributed by atoms with Crippen LogP contribution in [0.5, 0.6) is 0 Å². The number of anilines is 1. The lowest BCUT2D eigenvalue weighted by molar-refractivity contribution is 0.183. The van der Waals surface area contributed by atoms with Crippen LogP contribution in [-0.2, 0) is 6.61 Å². The van der Waals surface area contributed by atoms with Gasteiger partial charge in [-0.3, -0.25) is 0 Å². The lowest BCUT2D eigenvalue weighted by Crippen LogP contribution is -2.37. The van der Waals surface area contributed by atoms with Gasteiger partial charge in [-0.15, -0.1) is 0 Å². The third-order valence-corrected chi connectivity index (χ3v) is 4.49. The van der Waals surface area contributed by atoms with Gasteiger partial charge in [0, 0.05) is 24.3 Å². The van der Waals surface area contributed by atoms with E-state index < -0.39 is 6.09 Å². The molecule has 1 saturated carbocycles. The Morgan fingerprint density at radius 3 is 2.73 bits per heavy atom. The van der Waals surface area contributed by atoms with Crippen molar-refractivity contribution in [2.75, 3.05) is 18.1 Å². The lowest BCUT2D eigenvalue weighted by Gasteiger charge is -2.28. The number of carboxylic acid groups (broad SMARTS) is 1. The molecule has 22 heavy (non-hydrogen) atoms. The molecule has 1 aliphatic carbocycles. The average molecular weight is 326 g/mol. The summed E-state index contributed by atoms with van der Waals surface area (Å²) in [5, 5.41) is 24.6. The average Bonchev–Trinajstić information content (AvgIpc) is 2.53. The standard InChI is InChI=1S/C14H22N4O3S/c1-22-13-16-7-10(8-19)12(18-13)15-6-9-2-4-11(5-3-9)17-14(20)21/h7,9,11,17,19H,2-6,8H2,1H3,(H,20,21)(H,15,16,18). The summed E-state index contributed by atoms with van der Waals surface area (Å²) in [7, 11) is 0. The van der Waals surface area contributed by atoms with Crippen molar-refractivity contribution in [1.29, 1.82) is 0 Å². The van der Waals surface area contributed by atoms with Crippen molar-refractivity contribution in [3.05, 3.63) is 11.8 Å². The minimum atomic E-state index is -0.945. The third-order valence-electron chi connectivity index (χ3n) is 3.93. The molecule has 4 N–H and O–H groups in total. The van der Waals surface area contributed by atoms with E-state index >= 15 is 0 Å². The van der Waals surface area contributed by atoms with Crippen molar-refractivity contribution in [1.82, 2.24) is 15.3 Å². The molecule has 1 aromatic heterocycles. The molecular formula is C14H22N4O3S. The summed E-state index contributed by atoms with van der Waals surface area (Å²) in [6, 6.07) is 0.0731. The predicted octanol–water partition coefficient (Wildman–Crippen LogP) is 1.93. The summed E-state index contributed by atoms with van der Waals surface area (Å²) >= 11 is 1.46. The first-order chi connectivity index (χ1) is 10.6. The second kappa shape index (κ2) is 8.19. The second-order valence-electron chi connectivity index (χ2n) is 5.44. The topological polar surface area (TPSA) is 107 Å². The van der Waals surface area contributed by atoms with E-state index in [0.29, 0.717) is 22.5 Å². The highest BCUT2D eigenvalue weighted by molar-refractivity contribution is 7.98. The van der Waals surface area contributed by atoms with E-state index in [-0.39, 0.29) is 12.6 Å². The molecule has 8 heteroatoms. The fourth-order valence-corrected chi connectivity index (χ4v) is 3.02. The Hall–Kier alpha value is -1.54. The number of rotatable bonds is 6. The Bertz CT molecular complexity index is 507. The highest BCUT2D eigenvalue weighted by atomic mass is 32.2. The van der Waals surface area contributed by atoms with Gasteiger partial charge in [-0.25, -0.2) is 14.8 Å². The van der Waals surface area contributed by atoms with Crippen LogP contribution < -0.4 is 10.6 Å². The Labute approximate surface area is 133 Å². The zero-order chi connectivity index (χ0) is 15.9. The number of thioether (sulfide) groups is 1. The van der Waals surface area contributed by atoms with Crippen LogP contribution in [0.15, 0.2) is 11.4 Å². The molecule has 0 spiro atoms. The van der Waals surface area contributed by atoms with Gasteiger partial charge in [-0.2, -0.15) is 0 Å². The molecule has 0 unspecified atom stereocenters. The number of hydrogen-bond acceptors (Lipinski definition) is 6. The van der Waals surface area contributed by atoms with Crippen LogP contribution >= 0.6 is 11.8 Å². The minimum absolute atomic E-state index is 0.0731. The second-order valence-corrected chi connectivity index (χ2v) is 6.21. The molecule has 0 aromatic carbocycles. The number of amides is 1. The highest BCUT2D eigenvalue weighted by Crippen LogP contribution is 2.25. The Kier molecular flexibility index (Phi) is 6.26. The number of aliphatic hydroxyl groups excluding tert-OH is 1. The van der Waals surface area contributed by atoms with Gasteiger partial charge in [-0.05, 0) is 37.9 Å². The van der Waals surface area contributed by atoms with Gasteiger partial charge < -0.3 is 20.8 Å². The third kappa shape index (κ3) is 4.74. The maximum Gasteiger partial charge on any atom is 0.404 e. The Morgan fingerprint density at radius 2 is 2.14 bits per heavy atom. The first-order valence-corrected chi connectivity index (χ1v) is 8.59. The monoisotopic (exact) mass is 326 g/mol. The van der Waals surface area contributed by atoms with Crippen molar-refractivity contribution in [2.24, 2.45) is 5.92 Å². The number of carbonyl (C=O) groups is 1. The van der Waals surface area contributed by atoms with Crippen molar-refractivity contribution in [3.8, 4) is 0 Å². The Balaban J connectivity index is 1.85. The number of nitrogens with one attached hydrogen (secondary N) is 2. The fourth-order valence-electron chi connectivity index (χ4n) is 2.68. The quantitative estimate of drug-likeness (QED) is 0.467. The van der Waals surface area contributed by atoms with Crippen molar-refractivity contribution in [3.63, 3.8) is 0 Å². The summed E-state index contributed by atoms with van der Waals surface area (Å²) in [5.74, 6) is 1.18. The number of nitrogens with zero attached hydrogens (tertiary/aromatic N) is 2. The van der Waals surface area contributed by atoms with Crippen LogP contribution in [0.1, 0.15) is 31.2 Å². The molecule has 0 aliphatic heterocycles. The van der Waals surface area contributed by atoms with E-state index in [1.54, 1.807) is 6.20 Å². The summed E-state index contributed by atoms with van der Waals surface area (Å²) in [6.07, 6.45) is 6.31. The molecule has 1 aliphatic rings. The molecular weight excluding hydrogens is 304 g/mol. The summed E-state index contributed by atoms with van der Waals surface area (Å²) < 4.78 is 0. The van der Waals surface area contributed by atoms with Crippen molar-refractivity contribution >= 4 is 23.7 Å². The minimum Gasteiger partial charge on any atom is -0.465 e. The van der Waals surface area contributed by atoms with E-state index in [0.717, 1.165) is 32.2 Å². The number of hydrogen-bond donors (Lipinski definition) is 4. The highest BCUT2D eigenvalue weighted by Gasteiger charge is 2.22. The van der Waals surface area contributed by atoms with Crippen LogP contribution in [0, 0.1) is 5.92 Å². The van der Waals surface area contributed by atoms with Gasteiger partial charge in [0.05, 0.1) is 6.61 Å². The molecule has 1 fully saturated rings. The number of aromatic nitrogens is 2. The largest absolute Gasteiger partial charge is 0.465 e. The zero-order valence-electron chi connectivity index (χ0n) is 12.6. The maximum atomic E-state index is 10.6. The van der Waals surface area contributed by atoms with Gasteiger partial charge >= 0.3 is 6.09 Å². The van der Waals surface area contributed by atoms with Crippen LogP contribution in [0.4, 0.5) is 10.6 Å². The van der Waals surface area contributed by atoms with Crippen LogP contribution in [0.3, 0.4) is 0 Å². The molecule has 0 saturated heterocycles. The molecule has 7 nitrogen and oxygen atoms in total. The first kappa shape index (κ1) is 16.8. The summed E-state index contributed by atoms with van der Waals surface area (Å²) in [4.78, 5) is 19.2. The van der Waals surface area contributed by atoms with Crippen LogP contribution in [0.25, 0.3) is 0 Å². The van der Waals surface area contributed by atoms with Crippen molar-refractivity contribution in [2.45, 2.75) is 43.5 Å². The van der Waals surface area contributed by atoms with E-state index in [1.807, 2.05) is 6.26 Å². The van der Waals surface area contributed by atoms with E-state index in [1.165, 1.54) is 11.8 Å². The molecule has 1 amide bonds. The molecule has 0 atom stereocenters. The molecule has 0 bridgehead atoms. The normalized spacial score (nSPS) is 21.4. The van der Waals surface area contributed by atoms with E-state index in [2.05, 4.69) is 20.6 Å². The van der Waals surface area contributed by atoms with E-state index in [4.69, 9.17) is 5.11 Å². The van der Waals surface area contributed by atoms with Crippen molar-refractivity contribution < 1.29 is 15.0 Å². The zero-order valence-corrected chi connectivity index (χ0v) is 13.4. The number of aliphatic hydroxyl groups is 1. The molecule has 1 heterocycles. The molecule has 2 rings (SSSR count). The van der Waals surface area contributed by atoms with Gasteiger partial charge in [0.2, 0.25) is 0 Å². The first-order valence-electron chi connectivity index (χ1n) is 7.36. The van der Waals surface area contributed by atoms with Gasteiger partial charge in [0.1, 0.15) is 5.82 Å². The maximum absolute atomic E-state index is 10.6. The molecule has 0 radical (unpaired) electrons. The summed E-state index contributed by atoms with van der Waals surface area (Å²) in [5.41, 5.74) is 0.694. The lowest BCUT2D eigenvalue weighted by atomic mass is 9.86. The SMILES string of the molecule is CSc1ncc(CO)c(NCC2CCC(NC(=O)O)CC2)n1. The Morgan fingerprint density at radius 1 is 1.41 bits per heavy atom. The molecule has 1 aromatic rings. The van der Waals surface area contributed by atoms with Crippen LogP contribution in [0.2, 0.25) is 0 Å². The smallest absolute Gasteiger partial charge is 0.404 e. The van der Waals surface area contributed by atoms with Gasteiger partial charge in [0.15, 0.2) is 5.16 Å². The predicted molar refractivity (Wildman–Crippen MR) is 85.1 cm³/mol. The summed E-state index contributed by atoms with van der Waals surface area (Å²) in [6.45, 7) is 0.684. The fraction of sp³-hybridized carbons (Fsp3) is 0.643. The molecule has 122 valence electrons. The van der Waals surface area contributed by atoms with Gasteiger partial charge in [-0.1, -0.05) is 11.8 Å². The van der Waals surface area contributed by atoms with Gasteiger partial charge in [0.25, 0.3) is 0 Å². The van der Waals surface area contributed by atoms with Crippen LogP contribution in [-0.4, -0.2) is 45.1 Å². The van der Waals surface area contributed by atoms with E-state index in [9.17, 15) is 9.90 Å².